The van der Waals surface area contributed by atoms with E-state index in [1.165, 1.54) is 0 Å². The number of phenolic OH excluding ortho intramolecular Hbond substituents is 1. The summed E-state index contributed by atoms with van der Waals surface area (Å²) in [6, 6.07) is 3.87. The molecule has 1 aromatic rings. The van der Waals surface area contributed by atoms with E-state index >= 15 is 0 Å². The quantitative estimate of drug-likeness (QED) is 0.809. The van der Waals surface area contributed by atoms with Gasteiger partial charge in [-0.2, -0.15) is 0 Å². The maximum Gasteiger partial charge on any atom is 0.134 e. The molecule has 0 aliphatic carbocycles. The predicted molar refractivity (Wildman–Crippen MR) is 64.1 cm³/mol. The van der Waals surface area contributed by atoms with Gasteiger partial charge in [-0.1, -0.05) is 6.07 Å². The maximum absolute atomic E-state index is 9.76. The lowest BCUT2D eigenvalue weighted by Gasteiger charge is -2.09. The molecule has 15 heavy (non-hydrogen) atoms. The second-order valence-corrected chi connectivity index (χ2v) is 4.28. The van der Waals surface area contributed by atoms with Crippen LogP contribution in [0.25, 0.3) is 0 Å². The minimum absolute atomic E-state index is 0.311. The number of halogens is 1. The van der Waals surface area contributed by atoms with Crippen molar-refractivity contribution in [1.82, 2.24) is 5.32 Å². The lowest BCUT2D eigenvalue weighted by molar-refractivity contribution is 0.199. The number of aryl methyl sites for hydroxylation is 1. The molecule has 0 saturated carbocycles. The second kappa shape index (κ2) is 6.10. The Kier molecular flexibility index (Phi) is 5.08. The zero-order valence-electron chi connectivity index (χ0n) is 9.01. The van der Waals surface area contributed by atoms with E-state index in [1.54, 1.807) is 7.11 Å². The van der Waals surface area contributed by atoms with Crippen molar-refractivity contribution in [3.05, 3.63) is 27.7 Å². The van der Waals surface area contributed by atoms with E-state index in [-0.39, 0.29) is 0 Å². The predicted octanol–water partition coefficient (Wildman–Crippen LogP) is 2.20. The van der Waals surface area contributed by atoms with Crippen LogP contribution in [0.15, 0.2) is 16.6 Å². The Bertz CT molecular complexity index is 329. The van der Waals surface area contributed by atoms with E-state index in [1.807, 2.05) is 19.1 Å². The smallest absolute Gasteiger partial charge is 0.134 e. The van der Waals surface area contributed by atoms with Crippen LogP contribution in [-0.2, 0) is 11.3 Å². The van der Waals surface area contributed by atoms with Gasteiger partial charge in [0.25, 0.3) is 0 Å². The Morgan fingerprint density at radius 3 is 2.87 bits per heavy atom. The summed E-state index contributed by atoms with van der Waals surface area (Å²) in [4.78, 5) is 0. The van der Waals surface area contributed by atoms with Crippen molar-refractivity contribution in [3.8, 4) is 5.75 Å². The summed E-state index contributed by atoms with van der Waals surface area (Å²) in [5.41, 5.74) is 2.03. The Morgan fingerprint density at radius 2 is 2.20 bits per heavy atom. The van der Waals surface area contributed by atoms with Gasteiger partial charge in [-0.25, -0.2) is 0 Å². The van der Waals surface area contributed by atoms with Gasteiger partial charge in [-0.05, 0) is 34.5 Å². The topological polar surface area (TPSA) is 41.5 Å². The summed E-state index contributed by atoms with van der Waals surface area (Å²) in [7, 11) is 1.67. The van der Waals surface area contributed by atoms with Crippen molar-refractivity contribution in [2.75, 3.05) is 20.3 Å². The molecule has 0 atom stereocenters. The van der Waals surface area contributed by atoms with Crippen molar-refractivity contribution in [2.24, 2.45) is 0 Å². The first kappa shape index (κ1) is 12.5. The zero-order valence-corrected chi connectivity index (χ0v) is 10.6. The number of benzene rings is 1. The van der Waals surface area contributed by atoms with E-state index in [9.17, 15) is 5.11 Å². The van der Waals surface area contributed by atoms with Crippen molar-refractivity contribution < 1.29 is 9.84 Å². The molecular weight excluding hydrogens is 258 g/mol. The fourth-order valence-corrected chi connectivity index (χ4v) is 1.95. The molecule has 0 saturated heterocycles. The van der Waals surface area contributed by atoms with Gasteiger partial charge in [-0.3, -0.25) is 0 Å². The molecule has 0 aliphatic heterocycles. The van der Waals surface area contributed by atoms with Crippen LogP contribution >= 0.6 is 15.9 Å². The van der Waals surface area contributed by atoms with E-state index in [2.05, 4.69) is 21.2 Å². The third-order valence-electron chi connectivity index (χ3n) is 2.09. The maximum atomic E-state index is 9.76. The molecule has 0 fully saturated rings. The fraction of sp³-hybridized carbons (Fsp3) is 0.455. The molecule has 0 radical (unpaired) electrons. The van der Waals surface area contributed by atoms with Crippen LogP contribution < -0.4 is 5.32 Å². The summed E-state index contributed by atoms with van der Waals surface area (Å²) in [5, 5.41) is 13.0. The molecule has 84 valence electrons. The summed E-state index contributed by atoms with van der Waals surface area (Å²) >= 11 is 3.32. The molecule has 4 heteroatoms. The van der Waals surface area contributed by atoms with Gasteiger partial charge in [0.2, 0.25) is 0 Å². The summed E-state index contributed by atoms with van der Waals surface area (Å²) < 4.78 is 5.66. The van der Waals surface area contributed by atoms with Crippen molar-refractivity contribution in [3.63, 3.8) is 0 Å². The normalized spacial score (nSPS) is 10.6. The van der Waals surface area contributed by atoms with Gasteiger partial charge in [0, 0.05) is 25.8 Å². The number of nitrogens with one attached hydrogen (secondary N) is 1. The van der Waals surface area contributed by atoms with E-state index in [4.69, 9.17) is 4.74 Å². The molecule has 0 aliphatic rings. The third kappa shape index (κ3) is 3.81. The highest BCUT2D eigenvalue weighted by molar-refractivity contribution is 9.10. The zero-order chi connectivity index (χ0) is 11.3. The molecule has 0 spiro atoms. The molecule has 1 aromatic carbocycles. The molecule has 0 amide bonds. The summed E-state index contributed by atoms with van der Waals surface area (Å²) in [6.07, 6.45) is 0. The lowest BCUT2D eigenvalue weighted by atomic mass is 10.1. The first-order valence-corrected chi connectivity index (χ1v) is 5.62. The largest absolute Gasteiger partial charge is 0.506 e. The minimum Gasteiger partial charge on any atom is -0.506 e. The average Bonchev–Trinajstić information content (AvgIpc) is 2.19. The van der Waals surface area contributed by atoms with Crippen LogP contribution in [0.5, 0.6) is 5.75 Å². The first-order valence-electron chi connectivity index (χ1n) is 4.82. The average molecular weight is 274 g/mol. The van der Waals surface area contributed by atoms with Crippen molar-refractivity contribution in [1.29, 1.82) is 0 Å². The number of hydrogen-bond donors (Lipinski definition) is 2. The second-order valence-electron chi connectivity index (χ2n) is 3.42. The van der Waals surface area contributed by atoms with Gasteiger partial charge in [0.1, 0.15) is 5.75 Å². The fourth-order valence-electron chi connectivity index (χ4n) is 1.34. The van der Waals surface area contributed by atoms with Gasteiger partial charge in [0.05, 0.1) is 11.1 Å². The number of hydrogen-bond acceptors (Lipinski definition) is 3. The first-order chi connectivity index (χ1) is 7.15. The molecule has 0 aromatic heterocycles. The van der Waals surface area contributed by atoms with Crippen LogP contribution in [0.2, 0.25) is 0 Å². The Hall–Kier alpha value is -0.580. The standard InChI is InChI=1S/C11H16BrNO2/c1-8-5-9(7-13-3-4-15-2)11(14)10(12)6-8/h5-6,13-14H,3-4,7H2,1-2H3. The summed E-state index contributed by atoms with van der Waals surface area (Å²) in [6.45, 7) is 4.10. The van der Waals surface area contributed by atoms with Gasteiger partial charge in [-0.15, -0.1) is 0 Å². The number of phenols is 1. The Morgan fingerprint density at radius 1 is 1.47 bits per heavy atom. The van der Waals surface area contributed by atoms with Crippen LogP contribution in [0.4, 0.5) is 0 Å². The lowest BCUT2D eigenvalue weighted by Crippen LogP contribution is -2.18. The third-order valence-corrected chi connectivity index (χ3v) is 2.69. The van der Waals surface area contributed by atoms with Crippen LogP contribution in [0.3, 0.4) is 0 Å². The minimum atomic E-state index is 0.311. The highest BCUT2D eigenvalue weighted by Crippen LogP contribution is 2.29. The Labute approximate surface area is 98.6 Å². The van der Waals surface area contributed by atoms with E-state index < -0.39 is 0 Å². The van der Waals surface area contributed by atoms with Crippen LogP contribution in [-0.4, -0.2) is 25.4 Å². The number of methoxy groups -OCH3 is 1. The van der Waals surface area contributed by atoms with E-state index in [0.29, 0.717) is 18.9 Å². The molecule has 0 unspecified atom stereocenters. The van der Waals surface area contributed by atoms with Crippen molar-refractivity contribution >= 4 is 15.9 Å². The molecule has 1 rings (SSSR count). The number of ether oxygens (including phenoxy) is 1. The molecule has 3 nitrogen and oxygen atoms in total. The van der Waals surface area contributed by atoms with Crippen molar-refractivity contribution in [2.45, 2.75) is 13.5 Å². The highest BCUT2D eigenvalue weighted by Gasteiger charge is 2.05. The van der Waals surface area contributed by atoms with Gasteiger partial charge < -0.3 is 15.2 Å². The molecular formula is C11H16BrNO2. The highest BCUT2D eigenvalue weighted by atomic mass is 79.9. The summed E-state index contributed by atoms with van der Waals surface area (Å²) in [5.74, 6) is 0.311. The van der Waals surface area contributed by atoms with Crippen LogP contribution in [0.1, 0.15) is 11.1 Å². The Balaban J connectivity index is 2.60. The number of aromatic hydroxyl groups is 1. The molecule has 0 bridgehead atoms. The van der Waals surface area contributed by atoms with Gasteiger partial charge >= 0.3 is 0 Å². The molecule has 0 heterocycles. The SMILES string of the molecule is COCCNCc1cc(C)cc(Br)c1O. The monoisotopic (exact) mass is 273 g/mol. The number of rotatable bonds is 5. The van der Waals surface area contributed by atoms with E-state index in [0.717, 1.165) is 22.1 Å². The van der Waals surface area contributed by atoms with Crippen LogP contribution in [0, 0.1) is 6.92 Å². The van der Waals surface area contributed by atoms with Gasteiger partial charge in [0.15, 0.2) is 0 Å². The molecule has 2 N–H and O–H groups in total.